The number of rotatable bonds is 4. The van der Waals surface area contributed by atoms with E-state index in [-0.39, 0.29) is 12.3 Å². The van der Waals surface area contributed by atoms with Gasteiger partial charge in [-0.3, -0.25) is 9.59 Å². The zero-order valence-corrected chi connectivity index (χ0v) is 14.0. The number of carboxylic acids is 1. The molecule has 0 spiro atoms. The van der Waals surface area contributed by atoms with Crippen LogP contribution in [-0.2, 0) is 16.0 Å². The zero-order chi connectivity index (χ0) is 17.4. The number of amides is 1. The van der Waals surface area contributed by atoms with Gasteiger partial charge in [0.2, 0.25) is 0 Å². The third kappa shape index (κ3) is 2.62. The van der Waals surface area contributed by atoms with E-state index in [2.05, 4.69) is 4.98 Å². The molecule has 3 rings (SSSR count). The summed E-state index contributed by atoms with van der Waals surface area (Å²) >= 11 is 0. The van der Waals surface area contributed by atoms with Gasteiger partial charge in [0.05, 0.1) is 11.3 Å². The molecule has 0 atom stereocenters. The summed E-state index contributed by atoms with van der Waals surface area (Å²) in [4.78, 5) is 28.3. The van der Waals surface area contributed by atoms with Crippen molar-refractivity contribution in [1.82, 2.24) is 4.98 Å². The predicted octanol–water partition coefficient (Wildman–Crippen LogP) is 3.17. The normalized spacial score (nSPS) is 15.2. The van der Waals surface area contributed by atoms with Gasteiger partial charge >= 0.3 is 5.97 Å². The van der Waals surface area contributed by atoms with Crippen LogP contribution in [0.25, 0.3) is 11.6 Å². The summed E-state index contributed by atoms with van der Waals surface area (Å²) in [6.45, 7) is 3.89. The summed E-state index contributed by atoms with van der Waals surface area (Å²) in [7, 11) is 1.77. The van der Waals surface area contributed by atoms with Crippen LogP contribution >= 0.6 is 0 Å². The predicted molar refractivity (Wildman–Crippen MR) is 93.9 cm³/mol. The fourth-order valence-electron chi connectivity index (χ4n) is 3.25. The summed E-state index contributed by atoms with van der Waals surface area (Å²) < 4.78 is 0. The average Bonchev–Trinajstić information content (AvgIpc) is 2.95. The van der Waals surface area contributed by atoms with Crippen LogP contribution < -0.4 is 4.90 Å². The first kappa shape index (κ1) is 16.1. The van der Waals surface area contributed by atoms with Crippen LogP contribution in [0.3, 0.4) is 0 Å². The summed E-state index contributed by atoms with van der Waals surface area (Å²) in [5.74, 6) is -0.841. The Balaban J connectivity index is 2.02. The Labute approximate surface area is 140 Å². The van der Waals surface area contributed by atoms with Gasteiger partial charge in [-0.2, -0.15) is 0 Å². The van der Waals surface area contributed by atoms with Crippen molar-refractivity contribution < 1.29 is 14.7 Å². The maximum Gasteiger partial charge on any atom is 0.303 e. The maximum absolute atomic E-state index is 12.6. The molecule has 0 radical (unpaired) electrons. The van der Waals surface area contributed by atoms with Crippen LogP contribution in [0.4, 0.5) is 5.69 Å². The van der Waals surface area contributed by atoms with Crippen LogP contribution in [0, 0.1) is 13.8 Å². The van der Waals surface area contributed by atoms with Gasteiger partial charge in [0, 0.05) is 30.4 Å². The number of aromatic amines is 1. The van der Waals surface area contributed by atoms with E-state index in [0.717, 1.165) is 33.8 Å². The van der Waals surface area contributed by atoms with Crippen molar-refractivity contribution in [3.05, 3.63) is 52.3 Å². The number of fused-ring (bicyclic) bond motifs is 1. The lowest BCUT2D eigenvalue weighted by Gasteiger charge is -2.07. The number of benzene rings is 1. The number of hydrogen-bond donors (Lipinski definition) is 2. The van der Waals surface area contributed by atoms with Crippen molar-refractivity contribution in [1.29, 1.82) is 0 Å². The van der Waals surface area contributed by atoms with Crippen molar-refractivity contribution in [3.8, 4) is 0 Å². The number of aromatic nitrogens is 1. The van der Waals surface area contributed by atoms with Crippen molar-refractivity contribution in [2.45, 2.75) is 26.7 Å². The maximum atomic E-state index is 12.6. The van der Waals surface area contributed by atoms with Crippen molar-refractivity contribution in [2.75, 3.05) is 11.9 Å². The highest BCUT2D eigenvalue weighted by Crippen LogP contribution is 2.37. The number of carboxylic acid groups (broad SMARTS) is 1. The van der Waals surface area contributed by atoms with Crippen molar-refractivity contribution in [2.24, 2.45) is 0 Å². The molecule has 24 heavy (non-hydrogen) atoms. The van der Waals surface area contributed by atoms with E-state index in [0.29, 0.717) is 12.0 Å². The molecule has 5 nitrogen and oxygen atoms in total. The Kier molecular flexibility index (Phi) is 4.01. The highest BCUT2D eigenvalue weighted by Gasteiger charge is 2.29. The van der Waals surface area contributed by atoms with E-state index in [4.69, 9.17) is 5.11 Å². The van der Waals surface area contributed by atoms with Crippen molar-refractivity contribution in [3.63, 3.8) is 0 Å². The number of hydrogen-bond acceptors (Lipinski definition) is 2. The number of nitrogens with one attached hydrogen (secondary N) is 1. The third-order valence-corrected chi connectivity index (χ3v) is 4.60. The monoisotopic (exact) mass is 324 g/mol. The molecule has 0 fully saturated rings. The van der Waals surface area contributed by atoms with E-state index in [1.54, 1.807) is 11.9 Å². The van der Waals surface area contributed by atoms with Gasteiger partial charge in [0.15, 0.2) is 0 Å². The molecular weight excluding hydrogens is 304 g/mol. The molecule has 1 aliphatic heterocycles. The van der Waals surface area contributed by atoms with Gasteiger partial charge in [-0.05, 0) is 43.5 Å². The van der Waals surface area contributed by atoms with Crippen LogP contribution in [-0.4, -0.2) is 29.0 Å². The molecule has 2 heterocycles. The summed E-state index contributed by atoms with van der Waals surface area (Å²) in [5, 5.41) is 8.89. The fraction of sp³-hybridized carbons (Fsp3) is 0.263. The molecule has 5 heteroatoms. The van der Waals surface area contributed by atoms with E-state index in [1.165, 1.54) is 0 Å². The number of H-pyrrole nitrogens is 1. The minimum atomic E-state index is -0.809. The number of para-hydroxylation sites is 1. The number of carbonyl (C=O) groups is 2. The van der Waals surface area contributed by atoms with Gasteiger partial charge in [-0.1, -0.05) is 18.2 Å². The second-order valence-corrected chi connectivity index (χ2v) is 6.10. The van der Waals surface area contributed by atoms with E-state index in [9.17, 15) is 9.59 Å². The van der Waals surface area contributed by atoms with Crippen LogP contribution in [0.5, 0.6) is 0 Å². The first-order chi connectivity index (χ1) is 11.4. The Morgan fingerprint density at radius 2 is 2.00 bits per heavy atom. The topological polar surface area (TPSA) is 73.4 Å². The second-order valence-electron chi connectivity index (χ2n) is 6.10. The smallest absolute Gasteiger partial charge is 0.303 e. The first-order valence-electron chi connectivity index (χ1n) is 7.89. The number of likely N-dealkylation sites (N-methyl/N-ethyl adjacent to an activating group) is 1. The lowest BCUT2D eigenvalue weighted by Crippen LogP contribution is -2.20. The second kappa shape index (κ2) is 6.00. The lowest BCUT2D eigenvalue weighted by atomic mass is 10.0. The van der Waals surface area contributed by atoms with Gasteiger partial charge in [-0.15, -0.1) is 0 Å². The number of anilines is 1. The van der Waals surface area contributed by atoms with Gasteiger partial charge in [-0.25, -0.2) is 0 Å². The summed E-state index contributed by atoms with van der Waals surface area (Å²) in [6, 6.07) is 7.71. The molecular formula is C19H20N2O3. The van der Waals surface area contributed by atoms with Crippen LogP contribution in [0.1, 0.15) is 34.5 Å². The van der Waals surface area contributed by atoms with E-state index in [1.807, 2.05) is 44.2 Å². The van der Waals surface area contributed by atoms with Gasteiger partial charge in [0.25, 0.3) is 5.91 Å². The third-order valence-electron chi connectivity index (χ3n) is 4.60. The number of nitrogens with zero attached hydrogens (tertiary/aromatic N) is 1. The quantitative estimate of drug-likeness (QED) is 0.848. The molecule has 1 aromatic carbocycles. The highest BCUT2D eigenvalue weighted by atomic mass is 16.4. The molecule has 0 saturated carbocycles. The SMILES string of the molecule is Cc1[nH]c(C=C2C(=O)N(C)c3ccccc32)c(C)c1CCC(=O)O. The molecule has 2 N–H and O–H groups in total. The van der Waals surface area contributed by atoms with Gasteiger partial charge in [0.1, 0.15) is 0 Å². The van der Waals surface area contributed by atoms with Crippen molar-refractivity contribution >= 4 is 29.2 Å². The minimum absolute atomic E-state index is 0.0325. The Morgan fingerprint density at radius 1 is 1.29 bits per heavy atom. The Hall–Kier alpha value is -2.82. The van der Waals surface area contributed by atoms with E-state index >= 15 is 0 Å². The lowest BCUT2D eigenvalue weighted by molar-refractivity contribution is -0.137. The standard InChI is InChI=1S/C19H20N2O3/c1-11-13(8-9-18(22)23)12(2)20-16(11)10-15-14-6-4-5-7-17(14)21(3)19(15)24/h4-7,10,20H,8-9H2,1-3H3,(H,22,23). The zero-order valence-electron chi connectivity index (χ0n) is 14.0. The minimum Gasteiger partial charge on any atom is -0.481 e. The highest BCUT2D eigenvalue weighted by molar-refractivity contribution is 6.35. The molecule has 1 aromatic heterocycles. The summed E-state index contributed by atoms with van der Waals surface area (Å²) in [5.41, 5.74) is 6.30. The molecule has 124 valence electrons. The summed E-state index contributed by atoms with van der Waals surface area (Å²) in [6.07, 6.45) is 2.45. The Bertz CT molecular complexity index is 861. The fourth-order valence-corrected chi connectivity index (χ4v) is 3.25. The molecule has 0 bridgehead atoms. The first-order valence-corrected chi connectivity index (χ1v) is 7.89. The van der Waals surface area contributed by atoms with Crippen LogP contribution in [0.2, 0.25) is 0 Å². The molecule has 0 aliphatic carbocycles. The number of aryl methyl sites for hydroxylation is 1. The Morgan fingerprint density at radius 3 is 2.71 bits per heavy atom. The number of aliphatic carboxylic acids is 1. The largest absolute Gasteiger partial charge is 0.481 e. The average molecular weight is 324 g/mol. The molecule has 0 unspecified atom stereocenters. The van der Waals surface area contributed by atoms with Crippen LogP contribution in [0.15, 0.2) is 24.3 Å². The van der Waals surface area contributed by atoms with E-state index < -0.39 is 5.97 Å². The molecule has 0 saturated heterocycles. The molecule has 2 aromatic rings. The van der Waals surface area contributed by atoms with Gasteiger partial charge < -0.3 is 15.0 Å². The number of carbonyl (C=O) groups excluding carboxylic acids is 1. The molecule has 1 aliphatic rings. The molecule has 1 amide bonds.